The van der Waals surface area contributed by atoms with E-state index in [1.165, 1.54) is 18.2 Å². The number of carbonyl (C=O) groups excluding carboxylic acids is 2. The molecule has 2 rings (SSSR count). The van der Waals surface area contributed by atoms with E-state index in [2.05, 4.69) is 21.5 Å². The number of hydrogen-bond donors (Lipinski definition) is 2. The van der Waals surface area contributed by atoms with Gasteiger partial charge in [-0.2, -0.15) is 0 Å². The van der Waals surface area contributed by atoms with E-state index in [1.807, 2.05) is 0 Å². The molecule has 9 heteroatoms. The summed E-state index contributed by atoms with van der Waals surface area (Å²) in [5.74, 6) is -0.734. The quantitative estimate of drug-likeness (QED) is 0.415. The molecule has 0 saturated heterocycles. The van der Waals surface area contributed by atoms with Crippen LogP contribution in [0.3, 0.4) is 0 Å². The van der Waals surface area contributed by atoms with Crippen molar-refractivity contribution < 1.29 is 23.9 Å². The number of fused-ring (bicyclic) bond motifs is 1. The third kappa shape index (κ3) is 4.11. The van der Waals surface area contributed by atoms with Gasteiger partial charge in [0.15, 0.2) is 0 Å². The van der Waals surface area contributed by atoms with Crippen molar-refractivity contribution in [3.05, 3.63) is 27.3 Å². The van der Waals surface area contributed by atoms with E-state index >= 15 is 0 Å². The minimum atomic E-state index is -4.82. The summed E-state index contributed by atoms with van der Waals surface area (Å²) in [5, 5.41) is 2.63. The van der Waals surface area contributed by atoms with Crippen LogP contribution >= 0.6 is 19.3 Å². The summed E-state index contributed by atoms with van der Waals surface area (Å²) in [4.78, 5) is 23.1. The van der Waals surface area contributed by atoms with Crippen LogP contribution in [0.1, 0.15) is 16.8 Å². The average molecular weight is 439 g/mol. The fourth-order valence-electron chi connectivity index (χ4n) is 1.95. The molecular weight excluding hydrogens is 421 g/mol. The zero-order valence-corrected chi connectivity index (χ0v) is 15.6. The maximum atomic E-state index is 11.7. The molecule has 1 amide bonds. The molecule has 7 nitrogen and oxygen atoms in total. The van der Waals surface area contributed by atoms with Crippen molar-refractivity contribution in [1.82, 2.24) is 5.32 Å². The maximum absolute atomic E-state index is 11.7. The summed E-state index contributed by atoms with van der Waals surface area (Å²) in [6, 6.07) is 5.04. The predicted molar refractivity (Wildman–Crippen MR) is 89.8 cm³/mol. The zero-order valence-electron chi connectivity index (χ0n) is 12.3. The summed E-state index contributed by atoms with van der Waals surface area (Å²) in [7, 11) is -0.623. The van der Waals surface area contributed by atoms with E-state index in [9.17, 15) is 16.1 Å². The Kier molecular flexibility index (Phi) is 5.29. The van der Waals surface area contributed by atoms with Crippen LogP contribution in [0, 0.1) is 3.57 Å². The number of nitrogens with one attached hydrogen (secondary N) is 1. The summed E-state index contributed by atoms with van der Waals surface area (Å²) >= 11 is -4.82. The van der Waals surface area contributed by atoms with E-state index in [4.69, 9.17) is 4.74 Å². The first-order valence-electron chi connectivity index (χ1n) is 6.84. The molecule has 22 heavy (non-hydrogen) atoms. The predicted octanol–water partition coefficient (Wildman–Crippen LogP) is 2.20. The molecule has 1 aliphatic rings. The molecule has 2 N–H and O–H groups in total. The number of rotatable bonds is 5. The van der Waals surface area contributed by atoms with Crippen LogP contribution in [0.5, 0.6) is 5.75 Å². The van der Waals surface area contributed by atoms with Gasteiger partial charge in [-0.05, 0) is 0 Å². The van der Waals surface area contributed by atoms with Gasteiger partial charge in [0.1, 0.15) is 0 Å². The van der Waals surface area contributed by atoms with Crippen LogP contribution in [-0.2, 0) is 6.14 Å². The summed E-state index contributed by atoms with van der Waals surface area (Å²) in [6.45, 7) is 5.01. The van der Waals surface area contributed by atoms with Crippen molar-refractivity contribution in [3.8, 4) is 5.75 Å². The third-order valence-electron chi connectivity index (χ3n) is 3.03. The Bertz CT molecular complexity index is 647. The van der Waals surface area contributed by atoms with Crippen LogP contribution in [0.2, 0.25) is 19.1 Å². The van der Waals surface area contributed by atoms with Gasteiger partial charge in [-0.1, -0.05) is 0 Å². The summed E-state index contributed by atoms with van der Waals surface area (Å²) < 4.78 is 30.7. The van der Waals surface area contributed by atoms with Crippen LogP contribution in [0.15, 0.2) is 18.2 Å². The van der Waals surface area contributed by atoms with Crippen molar-refractivity contribution >= 4 is 40.1 Å². The topological polar surface area (TPSA) is 102 Å². The standard InChI is InChI=1S/C13H18INO6Si/c1-22(2)7-3-6-15-13(17)20-9-4-5-11-10(8-9)12(16)21-14(11,18)19/h4-5,8,22H,3,6-7H2,1-2H3,(H,15,17)(H,18,19). The van der Waals surface area contributed by atoms with Gasteiger partial charge in [0.05, 0.1) is 0 Å². The van der Waals surface area contributed by atoms with Gasteiger partial charge in [0, 0.05) is 0 Å². The van der Waals surface area contributed by atoms with Crippen molar-refractivity contribution in [2.45, 2.75) is 25.6 Å². The van der Waals surface area contributed by atoms with Crippen LogP contribution in [0.4, 0.5) is 4.79 Å². The van der Waals surface area contributed by atoms with E-state index < -0.39 is 40.1 Å². The SMILES string of the molecule is C[SiH](C)CCCNC(=O)Oc1ccc2c(c1)C(=O)OI2(=O)O. The van der Waals surface area contributed by atoms with Gasteiger partial charge in [-0.3, -0.25) is 0 Å². The molecule has 122 valence electrons. The molecule has 0 aliphatic carbocycles. The Hall–Kier alpha value is -1.33. The normalized spacial score (nSPS) is 22.6. The number of amides is 1. The summed E-state index contributed by atoms with van der Waals surface area (Å²) in [6.07, 6.45) is 0.293. The number of halogens is 1. The van der Waals surface area contributed by atoms with Gasteiger partial charge in [-0.15, -0.1) is 0 Å². The molecular formula is C13H18INO6Si. The Balaban J connectivity index is 1.95. The second kappa shape index (κ2) is 6.83. The third-order valence-corrected chi connectivity index (χ3v) is 8.00. The first-order chi connectivity index (χ1) is 10.3. The molecule has 1 atom stereocenters. The van der Waals surface area contributed by atoms with Gasteiger partial charge >= 0.3 is 135 Å². The second-order valence-electron chi connectivity index (χ2n) is 5.30. The summed E-state index contributed by atoms with van der Waals surface area (Å²) in [5.41, 5.74) is -0.0231. The molecule has 1 aromatic carbocycles. The van der Waals surface area contributed by atoms with Gasteiger partial charge in [0.25, 0.3) is 0 Å². The molecule has 0 radical (unpaired) electrons. The molecule has 1 heterocycles. The number of carbonyl (C=O) groups is 2. The number of hydrogen-bond acceptors (Lipinski definition) is 5. The fourth-order valence-corrected chi connectivity index (χ4v) is 5.74. The fraction of sp³-hybridized carbons (Fsp3) is 0.385. The van der Waals surface area contributed by atoms with Gasteiger partial charge in [-0.25, -0.2) is 0 Å². The molecule has 0 bridgehead atoms. The Morgan fingerprint density at radius 1 is 1.45 bits per heavy atom. The van der Waals surface area contributed by atoms with E-state index in [0.29, 0.717) is 6.54 Å². The van der Waals surface area contributed by atoms with E-state index in [0.717, 1.165) is 12.5 Å². The number of ether oxygens (including phenoxy) is 1. The van der Waals surface area contributed by atoms with Crippen LogP contribution in [0.25, 0.3) is 0 Å². The Morgan fingerprint density at radius 2 is 2.18 bits per heavy atom. The van der Waals surface area contributed by atoms with Gasteiger partial charge in [0.2, 0.25) is 0 Å². The molecule has 1 unspecified atom stereocenters. The Morgan fingerprint density at radius 3 is 2.86 bits per heavy atom. The van der Waals surface area contributed by atoms with E-state index in [1.54, 1.807) is 0 Å². The molecule has 1 aromatic rings. The first-order valence-corrected chi connectivity index (χ1v) is 13.8. The average Bonchev–Trinajstić information content (AvgIpc) is 2.64. The first kappa shape index (κ1) is 17.0. The van der Waals surface area contributed by atoms with Crippen molar-refractivity contribution in [2.75, 3.05) is 6.54 Å². The second-order valence-corrected chi connectivity index (χ2v) is 12.8. The molecule has 0 saturated carbocycles. The zero-order chi connectivity index (χ0) is 16.3. The van der Waals surface area contributed by atoms with Gasteiger partial charge < -0.3 is 0 Å². The van der Waals surface area contributed by atoms with Crippen LogP contribution < -0.4 is 10.1 Å². The van der Waals surface area contributed by atoms with Crippen LogP contribution in [-0.4, -0.2) is 30.8 Å². The molecule has 0 fully saturated rings. The molecule has 0 spiro atoms. The minimum absolute atomic E-state index is 0.00782. The van der Waals surface area contributed by atoms with Crippen molar-refractivity contribution in [2.24, 2.45) is 0 Å². The number of benzene rings is 1. The molecule has 0 aromatic heterocycles. The molecule has 1 aliphatic heterocycles. The Labute approximate surface area is 134 Å². The van der Waals surface area contributed by atoms with E-state index in [-0.39, 0.29) is 14.9 Å². The van der Waals surface area contributed by atoms with Crippen molar-refractivity contribution in [1.29, 1.82) is 0 Å². The monoisotopic (exact) mass is 439 g/mol. The van der Waals surface area contributed by atoms with Crippen molar-refractivity contribution in [3.63, 3.8) is 0 Å².